The first-order valence-electron chi connectivity index (χ1n) is 12.7. The van der Waals surface area contributed by atoms with Crippen molar-refractivity contribution in [3.8, 4) is 34.0 Å². The first-order valence-corrected chi connectivity index (χ1v) is 12.7. The van der Waals surface area contributed by atoms with E-state index in [1.165, 1.54) is 0 Å². The third-order valence-electron chi connectivity index (χ3n) is 6.21. The van der Waals surface area contributed by atoms with Gasteiger partial charge in [-0.25, -0.2) is 9.97 Å². The van der Waals surface area contributed by atoms with Crippen molar-refractivity contribution in [2.45, 2.75) is 32.8 Å². The number of aromatic nitrogens is 2. The standard InChI is InChI=1S/C30H33N3O5/c1-5-38-28(35)11-8-16-31-30-24-17-23(19(2)34)27(37-4)18-25(24)32-29(33-30)21-14-12-20(13-15-21)22-9-6-7-10-26(22)36-3/h6-7,9-10,12-15,17-19,34H,5,8,11,16H2,1-4H3,(H,31,32,33). The number of carbonyl (C=O) groups is 1. The number of carbonyl (C=O) groups excluding carboxylic acids is 1. The van der Waals surface area contributed by atoms with Crippen LogP contribution in [0.1, 0.15) is 38.4 Å². The highest BCUT2D eigenvalue weighted by atomic mass is 16.5. The van der Waals surface area contributed by atoms with E-state index in [1.807, 2.05) is 60.7 Å². The lowest BCUT2D eigenvalue weighted by atomic mass is 10.0. The number of anilines is 1. The molecule has 0 aliphatic rings. The number of methoxy groups -OCH3 is 2. The number of nitrogens with one attached hydrogen (secondary N) is 1. The van der Waals surface area contributed by atoms with Gasteiger partial charge in [0.1, 0.15) is 17.3 Å². The Hall–Kier alpha value is -4.17. The summed E-state index contributed by atoms with van der Waals surface area (Å²) in [6, 6.07) is 19.5. The van der Waals surface area contributed by atoms with E-state index in [-0.39, 0.29) is 5.97 Å². The summed E-state index contributed by atoms with van der Waals surface area (Å²) in [4.78, 5) is 21.4. The van der Waals surface area contributed by atoms with Crippen LogP contribution in [0.3, 0.4) is 0 Å². The van der Waals surface area contributed by atoms with Crippen LogP contribution >= 0.6 is 0 Å². The van der Waals surface area contributed by atoms with Crippen LogP contribution in [-0.4, -0.2) is 48.4 Å². The molecule has 1 atom stereocenters. The zero-order valence-corrected chi connectivity index (χ0v) is 22.2. The molecule has 0 radical (unpaired) electrons. The molecule has 0 fully saturated rings. The molecular weight excluding hydrogens is 482 g/mol. The van der Waals surface area contributed by atoms with Gasteiger partial charge in [-0.3, -0.25) is 4.79 Å². The van der Waals surface area contributed by atoms with E-state index in [0.29, 0.717) is 54.5 Å². The number of para-hydroxylation sites is 1. The Morgan fingerprint density at radius 2 is 1.68 bits per heavy atom. The second kappa shape index (κ2) is 12.4. The number of hydrogen-bond acceptors (Lipinski definition) is 8. The van der Waals surface area contributed by atoms with Crippen LogP contribution in [-0.2, 0) is 9.53 Å². The van der Waals surface area contributed by atoms with Crippen molar-refractivity contribution >= 4 is 22.7 Å². The van der Waals surface area contributed by atoms with Gasteiger partial charge in [-0.05, 0) is 38.0 Å². The highest BCUT2D eigenvalue weighted by Crippen LogP contribution is 2.35. The van der Waals surface area contributed by atoms with Gasteiger partial charge < -0.3 is 24.6 Å². The van der Waals surface area contributed by atoms with E-state index in [0.717, 1.165) is 27.8 Å². The maximum Gasteiger partial charge on any atom is 0.305 e. The van der Waals surface area contributed by atoms with Crippen LogP contribution in [0.5, 0.6) is 11.5 Å². The fraction of sp³-hybridized carbons (Fsp3) is 0.300. The van der Waals surface area contributed by atoms with Crippen LogP contribution in [0.25, 0.3) is 33.4 Å². The Morgan fingerprint density at radius 3 is 2.37 bits per heavy atom. The maximum absolute atomic E-state index is 11.7. The summed E-state index contributed by atoms with van der Waals surface area (Å²) in [6.07, 6.45) is 0.175. The molecule has 0 aliphatic carbocycles. The lowest BCUT2D eigenvalue weighted by Crippen LogP contribution is -2.10. The van der Waals surface area contributed by atoms with Crippen LogP contribution < -0.4 is 14.8 Å². The Morgan fingerprint density at radius 1 is 0.974 bits per heavy atom. The van der Waals surface area contributed by atoms with Crippen molar-refractivity contribution in [1.82, 2.24) is 9.97 Å². The van der Waals surface area contributed by atoms with Gasteiger partial charge in [0.05, 0.1) is 32.4 Å². The van der Waals surface area contributed by atoms with Gasteiger partial charge in [-0.1, -0.05) is 42.5 Å². The minimum Gasteiger partial charge on any atom is -0.496 e. The summed E-state index contributed by atoms with van der Waals surface area (Å²) in [6.45, 7) is 4.37. The fourth-order valence-electron chi connectivity index (χ4n) is 4.29. The van der Waals surface area contributed by atoms with Crippen molar-refractivity contribution in [1.29, 1.82) is 0 Å². The molecule has 4 rings (SSSR count). The SMILES string of the molecule is CCOC(=O)CCCNc1nc(-c2ccc(-c3ccccc3OC)cc2)nc2cc(OC)c(C(C)O)cc12. The summed E-state index contributed by atoms with van der Waals surface area (Å²) in [7, 11) is 3.23. The normalized spacial score (nSPS) is 11.7. The molecule has 8 nitrogen and oxygen atoms in total. The Labute approximate surface area is 222 Å². The second-order valence-corrected chi connectivity index (χ2v) is 8.80. The zero-order valence-electron chi connectivity index (χ0n) is 22.2. The average molecular weight is 516 g/mol. The average Bonchev–Trinajstić information content (AvgIpc) is 2.94. The summed E-state index contributed by atoms with van der Waals surface area (Å²) in [5.41, 5.74) is 4.19. The first-order chi connectivity index (χ1) is 18.4. The van der Waals surface area contributed by atoms with Gasteiger partial charge in [0, 0.05) is 41.1 Å². The van der Waals surface area contributed by atoms with Crippen molar-refractivity contribution < 1.29 is 24.1 Å². The van der Waals surface area contributed by atoms with Gasteiger partial charge in [-0.15, -0.1) is 0 Å². The minimum atomic E-state index is -0.729. The number of nitrogens with zero attached hydrogens (tertiary/aromatic N) is 2. The number of aliphatic hydroxyl groups excluding tert-OH is 1. The highest BCUT2D eigenvalue weighted by molar-refractivity contribution is 5.92. The summed E-state index contributed by atoms with van der Waals surface area (Å²) < 4.78 is 16.1. The van der Waals surface area contributed by atoms with E-state index in [9.17, 15) is 9.90 Å². The molecule has 3 aromatic carbocycles. The number of ether oxygens (including phenoxy) is 3. The number of esters is 1. The number of aliphatic hydroxyl groups is 1. The smallest absolute Gasteiger partial charge is 0.305 e. The number of hydrogen-bond donors (Lipinski definition) is 2. The molecule has 0 bridgehead atoms. The monoisotopic (exact) mass is 515 g/mol. The van der Waals surface area contributed by atoms with Crippen molar-refractivity contribution in [2.24, 2.45) is 0 Å². The molecule has 0 saturated heterocycles. The Bertz CT molecular complexity index is 1400. The minimum absolute atomic E-state index is 0.223. The number of benzene rings is 3. The van der Waals surface area contributed by atoms with E-state index in [2.05, 4.69) is 5.32 Å². The van der Waals surface area contributed by atoms with Gasteiger partial charge in [0.2, 0.25) is 0 Å². The predicted octanol–water partition coefficient (Wildman–Crippen LogP) is 5.79. The molecule has 1 heterocycles. The van der Waals surface area contributed by atoms with Crippen molar-refractivity contribution in [3.05, 3.63) is 66.2 Å². The van der Waals surface area contributed by atoms with E-state index in [1.54, 1.807) is 28.1 Å². The topological polar surface area (TPSA) is 103 Å². The number of fused-ring (bicyclic) bond motifs is 1. The largest absolute Gasteiger partial charge is 0.496 e. The fourth-order valence-corrected chi connectivity index (χ4v) is 4.29. The molecule has 0 amide bonds. The van der Waals surface area contributed by atoms with Crippen LogP contribution in [0.4, 0.5) is 5.82 Å². The van der Waals surface area contributed by atoms with Gasteiger partial charge in [0.15, 0.2) is 5.82 Å². The molecule has 0 spiro atoms. The third kappa shape index (κ3) is 6.03. The molecule has 1 unspecified atom stereocenters. The zero-order chi connectivity index (χ0) is 27.1. The van der Waals surface area contributed by atoms with Crippen LogP contribution in [0, 0.1) is 0 Å². The first kappa shape index (κ1) is 26.9. The van der Waals surface area contributed by atoms with Crippen LogP contribution in [0.2, 0.25) is 0 Å². The molecule has 198 valence electrons. The highest BCUT2D eigenvalue weighted by Gasteiger charge is 2.17. The molecule has 4 aromatic rings. The second-order valence-electron chi connectivity index (χ2n) is 8.80. The van der Waals surface area contributed by atoms with Gasteiger partial charge in [0.25, 0.3) is 0 Å². The molecular formula is C30H33N3O5. The Balaban J connectivity index is 1.71. The summed E-state index contributed by atoms with van der Waals surface area (Å²) >= 11 is 0. The summed E-state index contributed by atoms with van der Waals surface area (Å²) in [5, 5.41) is 14.4. The molecule has 1 aromatic heterocycles. The molecule has 0 aliphatic heterocycles. The van der Waals surface area contributed by atoms with Crippen molar-refractivity contribution in [2.75, 3.05) is 32.7 Å². The van der Waals surface area contributed by atoms with E-state index in [4.69, 9.17) is 24.2 Å². The van der Waals surface area contributed by atoms with E-state index < -0.39 is 6.10 Å². The third-order valence-corrected chi connectivity index (χ3v) is 6.21. The maximum atomic E-state index is 11.7. The lowest BCUT2D eigenvalue weighted by Gasteiger charge is -2.16. The molecule has 2 N–H and O–H groups in total. The number of rotatable bonds is 11. The Kier molecular flexibility index (Phi) is 8.76. The summed E-state index contributed by atoms with van der Waals surface area (Å²) in [5.74, 6) is 2.30. The van der Waals surface area contributed by atoms with Gasteiger partial charge >= 0.3 is 5.97 Å². The molecule has 38 heavy (non-hydrogen) atoms. The van der Waals surface area contributed by atoms with Gasteiger partial charge in [-0.2, -0.15) is 0 Å². The van der Waals surface area contributed by atoms with Crippen molar-refractivity contribution in [3.63, 3.8) is 0 Å². The van der Waals surface area contributed by atoms with Crippen LogP contribution in [0.15, 0.2) is 60.7 Å². The van der Waals surface area contributed by atoms with E-state index >= 15 is 0 Å². The molecule has 0 saturated carbocycles. The molecule has 8 heteroatoms. The predicted molar refractivity (Wildman–Crippen MR) is 149 cm³/mol. The lowest BCUT2D eigenvalue weighted by molar-refractivity contribution is -0.143. The quantitative estimate of drug-likeness (QED) is 0.191.